The molecule has 0 radical (unpaired) electrons. The first kappa shape index (κ1) is 19.6. The SMILES string of the molecule is COC12C(COC(N)=O)C3=C(C(=O)C(C)=C(Nc4cccc(O)c4)C3=O)N1CC1NC12. The van der Waals surface area contributed by atoms with Gasteiger partial charge in [-0.2, -0.15) is 0 Å². The number of hydrogen-bond acceptors (Lipinski definition) is 9. The molecule has 3 heterocycles. The Labute approximate surface area is 177 Å². The lowest BCUT2D eigenvalue weighted by Gasteiger charge is -2.39. The van der Waals surface area contributed by atoms with Crippen molar-refractivity contribution in [2.45, 2.75) is 24.7 Å². The summed E-state index contributed by atoms with van der Waals surface area (Å²) < 4.78 is 11.0. The Morgan fingerprint density at radius 3 is 2.84 bits per heavy atom. The fourth-order valence-electron chi connectivity index (χ4n) is 5.17. The van der Waals surface area contributed by atoms with Gasteiger partial charge in [0.25, 0.3) is 0 Å². The lowest BCUT2D eigenvalue weighted by Crippen LogP contribution is -2.55. The number of phenolic OH excluding ortho intramolecular Hbond substituents is 1. The number of carbonyl (C=O) groups is 3. The summed E-state index contributed by atoms with van der Waals surface area (Å²) in [5.74, 6) is -1.34. The van der Waals surface area contributed by atoms with Gasteiger partial charge in [0.05, 0.1) is 23.4 Å². The van der Waals surface area contributed by atoms with Crippen molar-refractivity contribution in [3.8, 4) is 5.75 Å². The second-order valence-corrected chi connectivity index (χ2v) is 8.10. The number of phenols is 1. The van der Waals surface area contributed by atoms with Crippen LogP contribution < -0.4 is 16.4 Å². The van der Waals surface area contributed by atoms with E-state index in [0.29, 0.717) is 12.2 Å². The predicted molar refractivity (Wildman–Crippen MR) is 108 cm³/mol. The Balaban J connectivity index is 1.57. The number of benzene rings is 1. The van der Waals surface area contributed by atoms with E-state index in [1.165, 1.54) is 19.2 Å². The van der Waals surface area contributed by atoms with Gasteiger partial charge in [0, 0.05) is 42.6 Å². The van der Waals surface area contributed by atoms with E-state index in [0.717, 1.165) is 0 Å². The number of hydrogen-bond donors (Lipinski definition) is 4. The second-order valence-electron chi connectivity index (χ2n) is 8.10. The van der Waals surface area contributed by atoms with Crippen LogP contribution in [0.3, 0.4) is 0 Å². The van der Waals surface area contributed by atoms with Crippen LogP contribution in [0, 0.1) is 5.92 Å². The minimum atomic E-state index is -1.02. The number of ketones is 2. The van der Waals surface area contributed by atoms with Gasteiger partial charge >= 0.3 is 6.09 Å². The van der Waals surface area contributed by atoms with Crippen molar-refractivity contribution in [1.82, 2.24) is 10.2 Å². The van der Waals surface area contributed by atoms with Crippen molar-refractivity contribution >= 4 is 23.3 Å². The number of ether oxygens (including phenoxy) is 2. The molecule has 0 bridgehead atoms. The molecule has 5 N–H and O–H groups in total. The van der Waals surface area contributed by atoms with E-state index in [4.69, 9.17) is 15.2 Å². The van der Waals surface area contributed by atoms with Crippen LogP contribution in [-0.2, 0) is 19.1 Å². The van der Waals surface area contributed by atoms with E-state index in [-0.39, 0.29) is 58.5 Å². The third kappa shape index (κ3) is 2.61. The molecule has 162 valence electrons. The number of piperazine rings is 1. The van der Waals surface area contributed by atoms with Crippen molar-refractivity contribution in [2.24, 2.45) is 11.7 Å². The quantitative estimate of drug-likeness (QED) is 0.382. The van der Waals surface area contributed by atoms with Gasteiger partial charge in [-0.1, -0.05) is 6.07 Å². The zero-order valence-corrected chi connectivity index (χ0v) is 17.0. The number of methoxy groups -OCH3 is 1. The zero-order valence-electron chi connectivity index (χ0n) is 17.0. The van der Waals surface area contributed by atoms with Crippen molar-refractivity contribution in [1.29, 1.82) is 0 Å². The van der Waals surface area contributed by atoms with Gasteiger partial charge in [0.2, 0.25) is 11.6 Å². The average Bonchev–Trinajstić information content (AvgIpc) is 3.34. The normalized spacial score (nSPS) is 30.9. The molecule has 2 saturated heterocycles. The maximum Gasteiger partial charge on any atom is 0.404 e. The monoisotopic (exact) mass is 426 g/mol. The molecule has 2 fully saturated rings. The summed E-state index contributed by atoms with van der Waals surface area (Å²) in [7, 11) is 1.52. The highest BCUT2D eigenvalue weighted by atomic mass is 16.6. The fourth-order valence-corrected chi connectivity index (χ4v) is 5.17. The number of nitrogens with one attached hydrogen (secondary N) is 2. The molecule has 0 aromatic heterocycles. The van der Waals surface area contributed by atoms with Gasteiger partial charge in [-0.25, -0.2) is 4.79 Å². The maximum absolute atomic E-state index is 13.6. The minimum absolute atomic E-state index is 0.0242. The Hall–Kier alpha value is -3.37. The van der Waals surface area contributed by atoms with E-state index in [2.05, 4.69) is 10.6 Å². The van der Waals surface area contributed by atoms with Crippen LogP contribution in [0.2, 0.25) is 0 Å². The number of nitrogens with zero attached hydrogens (tertiary/aromatic N) is 1. The number of aromatic hydroxyl groups is 1. The number of carbonyl (C=O) groups excluding carboxylic acids is 3. The van der Waals surface area contributed by atoms with E-state index in [1.807, 2.05) is 4.90 Å². The van der Waals surface area contributed by atoms with Crippen LogP contribution >= 0.6 is 0 Å². The van der Waals surface area contributed by atoms with E-state index >= 15 is 0 Å². The van der Waals surface area contributed by atoms with E-state index < -0.39 is 17.7 Å². The van der Waals surface area contributed by atoms with Crippen molar-refractivity contribution < 1.29 is 29.0 Å². The highest BCUT2D eigenvalue weighted by molar-refractivity contribution is 6.26. The first-order valence-corrected chi connectivity index (χ1v) is 9.91. The molecule has 4 unspecified atom stereocenters. The molecule has 0 spiro atoms. The molecule has 0 saturated carbocycles. The smallest absolute Gasteiger partial charge is 0.404 e. The summed E-state index contributed by atoms with van der Waals surface area (Å²) in [6, 6.07) is 6.29. The van der Waals surface area contributed by atoms with E-state index in [1.54, 1.807) is 19.1 Å². The molecule has 1 aliphatic carbocycles. The summed E-state index contributed by atoms with van der Waals surface area (Å²) in [4.78, 5) is 40.2. The number of nitrogens with two attached hydrogens (primary N) is 1. The van der Waals surface area contributed by atoms with Gasteiger partial charge in [-0.15, -0.1) is 0 Å². The van der Waals surface area contributed by atoms with Crippen LogP contribution in [0.4, 0.5) is 10.5 Å². The first-order valence-electron chi connectivity index (χ1n) is 9.91. The largest absolute Gasteiger partial charge is 0.508 e. The third-order valence-corrected chi connectivity index (χ3v) is 6.54. The summed E-state index contributed by atoms with van der Waals surface area (Å²) in [5, 5.41) is 16.0. The second kappa shape index (κ2) is 6.56. The molecule has 10 heteroatoms. The van der Waals surface area contributed by atoms with Crippen LogP contribution in [0.1, 0.15) is 6.92 Å². The Kier molecular flexibility index (Phi) is 4.15. The summed E-state index contributed by atoms with van der Waals surface area (Å²) >= 11 is 0. The Bertz CT molecular complexity index is 1100. The Morgan fingerprint density at radius 1 is 1.39 bits per heavy atom. The number of amides is 1. The maximum atomic E-state index is 13.6. The van der Waals surface area contributed by atoms with Crippen molar-refractivity contribution in [2.75, 3.05) is 25.6 Å². The highest BCUT2D eigenvalue weighted by Gasteiger charge is 2.72. The number of Topliss-reactive ketones (excluding diaryl/α,β-unsaturated/α-hetero) is 2. The number of rotatable bonds is 5. The standard InChI is InChI=1S/C21H22N4O6/c1-9-15(23-10-4-3-5-11(26)6-10)18(28)14-12(8-31-20(22)29)21(30-2)19-13(24-19)7-25(21)16(14)17(9)27/h3-6,12-13,19,23-24,26H,7-8H2,1-2H3,(H2,22,29). The summed E-state index contributed by atoms with van der Waals surface area (Å²) in [5.41, 5.74) is 5.55. The lowest BCUT2D eigenvalue weighted by molar-refractivity contribution is -0.137. The van der Waals surface area contributed by atoms with Gasteiger partial charge < -0.3 is 35.8 Å². The first-order chi connectivity index (χ1) is 14.8. The van der Waals surface area contributed by atoms with Gasteiger partial charge in [0.15, 0.2) is 5.72 Å². The molecule has 4 atom stereocenters. The molecular formula is C21H22N4O6. The molecule has 3 aliphatic heterocycles. The number of primary amides is 1. The Morgan fingerprint density at radius 2 is 2.16 bits per heavy atom. The molecule has 1 aromatic rings. The molecule has 4 aliphatic rings. The number of allylic oxidation sites excluding steroid dienone is 2. The minimum Gasteiger partial charge on any atom is -0.508 e. The van der Waals surface area contributed by atoms with Crippen molar-refractivity contribution in [3.63, 3.8) is 0 Å². The number of anilines is 1. The van der Waals surface area contributed by atoms with Crippen LogP contribution in [0.15, 0.2) is 46.8 Å². The molecule has 1 amide bonds. The topological polar surface area (TPSA) is 153 Å². The number of fused-ring (bicyclic) bond motifs is 4. The van der Waals surface area contributed by atoms with Crippen molar-refractivity contribution in [3.05, 3.63) is 46.8 Å². The molecule has 31 heavy (non-hydrogen) atoms. The van der Waals surface area contributed by atoms with E-state index in [9.17, 15) is 19.5 Å². The molecule has 10 nitrogen and oxygen atoms in total. The van der Waals surface area contributed by atoms with Crippen LogP contribution in [-0.4, -0.2) is 65.7 Å². The van der Waals surface area contributed by atoms with Gasteiger partial charge in [0.1, 0.15) is 12.4 Å². The molecular weight excluding hydrogens is 404 g/mol. The zero-order chi connectivity index (χ0) is 22.1. The lowest BCUT2D eigenvalue weighted by atomic mass is 9.82. The molecule has 5 rings (SSSR count). The summed E-state index contributed by atoms with van der Waals surface area (Å²) in [6.45, 7) is 1.90. The summed E-state index contributed by atoms with van der Waals surface area (Å²) in [6.07, 6.45) is -0.968. The average molecular weight is 426 g/mol. The van der Waals surface area contributed by atoms with Crippen LogP contribution in [0.5, 0.6) is 5.75 Å². The van der Waals surface area contributed by atoms with Crippen LogP contribution in [0.25, 0.3) is 0 Å². The van der Waals surface area contributed by atoms with Gasteiger partial charge in [-0.05, 0) is 19.1 Å². The predicted octanol–water partition coefficient (Wildman–Crippen LogP) is 0.208. The third-order valence-electron chi connectivity index (χ3n) is 6.54. The fraction of sp³-hybridized carbons (Fsp3) is 0.381. The molecule has 1 aromatic carbocycles. The highest BCUT2D eigenvalue weighted by Crippen LogP contribution is 2.55. The van der Waals surface area contributed by atoms with Gasteiger partial charge in [-0.3, -0.25) is 9.59 Å².